The number of rotatable bonds is 7. The molecule has 4 aromatic heterocycles. The molecule has 0 spiro atoms. The number of halogens is 1. The van der Waals surface area contributed by atoms with Gasteiger partial charge in [0.15, 0.2) is 11.0 Å². The second-order valence-electron chi connectivity index (χ2n) is 7.62. The van der Waals surface area contributed by atoms with Gasteiger partial charge in [0, 0.05) is 20.4 Å². The molecule has 0 amide bonds. The zero-order chi connectivity index (χ0) is 25.8. The fourth-order valence-corrected chi connectivity index (χ4v) is 5.54. The monoisotopic (exact) mass is 556 g/mol. The lowest BCUT2D eigenvalue weighted by Gasteiger charge is -2.12. The first kappa shape index (κ1) is 25.3. The van der Waals surface area contributed by atoms with Crippen LogP contribution in [-0.4, -0.2) is 57.4 Å². The molecule has 6 rings (SSSR count). The van der Waals surface area contributed by atoms with Crippen molar-refractivity contribution in [3.8, 4) is 5.75 Å². The molecule has 5 heterocycles. The molecule has 11 nitrogen and oxygen atoms in total. The van der Waals surface area contributed by atoms with Gasteiger partial charge in [-0.1, -0.05) is 34.3 Å². The third kappa shape index (κ3) is 5.50. The van der Waals surface area contributed by atoms with Crippen molar-refractivity contribution in [1.82, 2.24) is 29.9 Å². The Morgan fingerprint density at radius 1 is 0.892 bits per heavy atom. The van der Waals surface area contributed by atoms with Crippen LogP contribution in [0.1, 0.15) is 21.1 Å². The molecule has 0 atom stereocenters. The van der Waals surface area contributed by atoms with Crippen molar-refractivity contribution in [3.05, 3.63) is 51.1 Å². The van der Waals surface area contributed by atoms with E-state index in [4.69, 9.17) is 25.8 Å². The lowest BCUT2D eigenvalue weighted by atomic mass is 10.1. The van der Waals surface area contributed by atoms with E-state index in [9.17, 15) is 0 Å². The van der Waals surface area contributed by atoms with Crippen molar-refractivity contribution in [2.75, 3.05) is 26.6 Å². The molecule has 190 valence electrons. The third-order valence-electron chi connectivity index (χ3n) is 5.18. The van der Waals surface area contributed by atoms with Crippen molar-refractivity contribution in [2.24, 2.45) is 4.99 Å². The predicted molar refractivity (Wildman–Crippen MR) is 144 cm³/mol. The number of aromatic nitrogens is 6. The van der Waals surface area contributed by atoms with Crippen LogP contribution in [-0.2, 0) is 29.2 Å². The number of aliphatic imine (C=N–C) groups is 1. The summed E-state index contributed by atoms with van der Waals surface area (Å²) in [6.07, 6.45) is 4.83. The molecule has 14 heteroatoms. The largest absolute Gasteiger partial charge is 0.495 e. The predicted octanol–water partition coefficient (Wildman–Crippen LogP) is 4.80. The van der Waals surface area contributed by atoms with E-state index in [-0.39, 0.29) is 0 Å². The molecular weight excluding hydrogens is 536 g/mol. The van der Waals surface area contributed by atoms with Crippen molar-refractivity contribution >= 4 is 72.7 Å². The van der Waals surface area contributed by atoms with Crippen LogP contribution in [0.2, 0.25) is 5.15 Å². The number of thiazole rings is 2. The van der Waals surface area contributed by atoms with Crippen LogP contribution in [0.5, 0.6) is 5.75 Å². The minimum absolute atomic E-state index is 0.392. The summed E-state index contributed by atoms with van der Waals surface area (Å²) in [5.41, 5.74) is 4.45. The highest BCUT2D eigenvalue weighted by atomic mass is 35.5. The molecule has 37 heavy (non-hydrogen) atoms. The van der Waals surface area contributed by atoms with E-state index in [1.165, 1.54) is 35.3 Å². The normalized spacial score (nSPS) is 12.0. The van der Waals surface area contributed by atoms with E-state index in [0.29, 0.717) is 36.2 Å². The van der Waals surface area contributed by atoms with E-state index in [2.05, 4.69) is 40.2 Å². The van der Waals surface area contributed by atoms with Gasteiger partial charge in [-0.05, 0) is 23.3 Å². The first-order valence-electron chi connectivity index (χ1n) is 10.9. The summed E-state index contributed by atoms with van der Waals surface area (Å²) < 4.78 is 15.6. The van der Waals surface area contributed by atoms with Crippen molar-refractivity contribution < 1.29 is 14.2 Å². The molecule has 1 N–H and O–H groups in total. The second kappa shape index (κ2) is 11.4. The van der Waals surface area contributed by atoms with Gasteiger partial charge in [0.05, 0.1) is 32.6 Å². The van der Waals surface area contributed by atoms with Gasteiger partial charge in [0.1, 0.15) is 49.1 Å². The van der Waals surface area contributed by atoms with Gasteiger partial charge in [-0.25, -0.2) is 29.9 Å². The average molecular weight is 557 g/mol. The Kier molecular flexibility index (Phi) is 7.76. The number of fused-ring (bicyclic) bond motifs is 3. The Labute approximate surface area is 224 Å². The van der Waals surface area contributed by atoms with Crippen LogP contribution in [0.15, 0.2) is 29.8 Å². The number of anilines is 2. The summed E-state index contributed by atoms with van der Waals surface area (Å²) in [6, 6.07) is 4.02. The number of hydrogen-bond donors (Lipinski definition) is 1. The zero-order valence-electron chi connectivity index (χ0n) is 20.1. The van der Waals surface area contributed by atoms with Crippen LogP contribution < -0.4 is 10.1 Å². The van der Waals surface area contributed by atoms with E-state index in [1.807, 2.05) is 18.3 Å². The number of nitrogens with one attached hydrogen (secondary N) is 1. The van der Waals surface area contributed by atoms with Crippen LogP contribution in [0.25, 0.3) is 20.7 Å². The summed E-state index contributed by atoms with van der Waals surface area (Å²) >= 11 is 8.78. The van der Waals surface area contributed by atoms with Crippen molar-refractivity contribution in [2.45, 2.75) is 19.8 Å². The fourth-order valence-electron chi connectivity index (χ4n) is 3.56. The maximum absolute atomic E-state index is 5.82. The van der Waals surface area contributed by atoms with Crippen LogP contribution in [0.3, 0.4) is 0 Å². The maximum atomic E-state index is 5.82. The number of benzene rings is 1. The number of ether oxygens (including phenoxy) is 3. The van der Waals surface area contributed by atoms with E-state index in [0.717, 1.165) is 47.8 Å². The van der Waals surface area contributed by atoms with Crippen molar-refractivity contribution in [1.29, 1.82) is 0 Å². The summed E-state index contributed by atoms with van der Waals surface area (Å²) in [5, 5.41) is 5.44. The van der Waals surface area contributed by atoms with Gasteiger partial charge < -0.3 is 19.5 Å². The molecule has 5 aromatic rings. The topological polar surface area (TPSA) is 129 Å². The first-order chi connectivity index (χ1) is 18.1. The van der Waals surface area contributed by atoms with Crippen LogP contribution in [0, 0.1) is 0 Å². The minimum atomic E-state index is 0.392. The van der Waals surface area contributed by atoms with Gasteiger partial charge in [-0.15, -0.1) is 0 Å². The van der Waals surface area contributed by atoms with E-state index < -0.39 is 0 Å². The molecule has 0 fully saturated rings. The number of methoxy groups -OCH3 is 3. The summed E-state index contributed by atoms with van der Waals surface area (Å²) in [7, 11) is 4.92. The smallest absolute Gasteiger partial charge is 0.161 e. The molecular formula is C23H21ClN8O3S2. The van der Waals surface area contributed by atoms with E-state index in [1.54, 1.807) is 21.3 Å². The van der Waals surface area contributed by atoms with Crippen LogP contribution in [0.4, 0.5) is 11.5 Å². The Morgan fingerprint density at radius 3 is 2.24 bits per heavy atom. The Morgan fingerprint density at radius 2 is 1.57 bits per heavy atom. The van der Waals surface area contributed by atoms with Gasteiger partial charge in [0.2, 0.25) is 0 Å². The molecule has 0 bridgehead atoms. The molecule has 0 unspecified atom stereocenters. The Bertz CT molecular complexity index is 1590. The van der Waals surface area contributed by atoms with Gasteiger partial charge in [-0.3, -0.25) is 4.99 Å². The molecule has 0 radical (unpaired) electrons. The highest BCUT2D eigenvalue weighted by Crippen LogP contribution is 2.34. The second-order valence-corrected chi connectivity index (χ2v) is 10.1. The van der Waals surface area contributed by atoms with Crippen LogP contribution >= 0.6 is 34.3 Å². The van der Waals surface area contributed by atoms with Gasteiger partial charge in [0.25, 0.3) is 0 Å². The summed E-state index contributed by atoms with van der Waals surface area (Å²) in [4.78, 5) is 31.2. The Balaban J connectivity index is 0.000000182. The highest BCUT2D eigenvalue weighted by molar-refractivity contribution is 7.18. The summed E-state index contributed by atoms with van der Waals surface area (Å²) in [5.74, 6) is 1.39. The van der Waals surface area contributed by atoms with E-state index >= 15 is 0 Å². The lowest BCUT2D eigenvalue weighted by molar-refractivity contribution is 0.184. The maximum Gasteiger partial charge on any atom is 0.161 e. The van der Waals surface area contributed by atoms with Gasteiger partial charge >= 0.3 is 0 Å². The lowest BCUT2D eigenvalue weighted by Crippen LogP contribution is -2.00. The third-order valence-corrected chi connectivity index (χ3v) is 7.33. The minimum Gasteiger partial charge on any atom is -0.495 e. The van der Waals surface area contributed by atoms with Crippen molar-refractivity contribution in [3.63, 3.8) is 0 Å². The molecule has 0 aliphatic carbocycles. The highest BCUT2D eigenvalue weighted by Gasteiger charge is 2.16. The molecule has 1 aliphatic rings. The molecule has 0 saturated heterocycles. The first-order valence-corrected chi connectivity index (χ1v) is 12.9. The standard InChI is InChI=1S/C16H15N5O2S.C7H6ClN3OS/c1-22-7-13-21-14-15(18-8-19-16(14)24-13)20-11-3-9-5-17-6-10(9)4-12(11)23-2;1-12-2-4-11-5-6(8)9-3-10-7(5)13-4/h3-5,8H,6-7H2,1-2H3,(H,18,19,20);3H,2H2,1H3. The molecule has 1 aromatic carbocycles. The number of nitrogens with zero attached hydrogens (tertiary/aromatic N) is 7. The zero-order valence-corrected chi connectivity index (χ0v) is 22.4. The summed E-state index contributed by atoms with van der Waals surface area (Å²) in [6.45, 7) is 1.63. The average Bonchev–Trinajstić information content (AvgIpc) is 3.63. The quantitative estimate of drug-likeness (QED) is 0.279. The fraction of sp³-hybridized carbons (Fsp3) is 0.261. The molecule has 1 aliphatic heterocycles. The number of hydrogen-bond acceptors (Lipinski definition) is 13. The van der Waals surface area contributed by atoms with Gasteiger partial charge in [-0.2, -0.15) is 0 Å². The Hall–Kier alpha value is -3.36. The molecule has 0 saturated carbocycles. The SMILES string of the molecule is COCc1nc2c(Cl)ncnc2s1.COCc1nc2c(Nc3cc4c(cc3OC)CN=C4)ncnc2s1.